The van der Waals surface area contributed by atoms with Crippen LogP contribution in [0.1, 0.15) is 63.6 Å². The zero-order valence-corrected chi connectivity index (χ0v) is 12.8. The maximum absolute atomic E-state index is 3.74. The quantitative estimate of drug-likeness (QED) is 0.779. The Labute approximate surface area is 118 Å². The SMILES string of the molecule is CCNC(c1cccc(CC)c1)C1CCC(CC)C1. The van der Waals surface area contributed by atoms with Gasteiger partial charge in [0.1, 0.15) is 0 Å². The van der Waals surface area contributed by atoms with Crippen molar-refractivity contribution in [3.05, 3.63) is 35.4 Å². The molecule has 1 heteroatoms. The van der Waals surface area contributed by atoms with E-state index in [0.29, 0.717) is 6.04 Å². The predicted molar refractivity (Wildman–Crippen MR) is 83.4 cm³/mol. The van der Waals surface area contributed by atoms with E-state index in [4.69, 9.17) is 0 Å². The zero-order chi connectivity index (χ0) is 13.7. The molecule has 1 nitrogen and oxygen atoms in total. The molecule has 0 amide bonds. The van der Waals surface area contributed by atoms with Crippen LogP contribution in [0.5, 0.6) is 0 Å². The maximum Gasteiger partial charge on any atom is 0.0348 e. The predicted octanol–water partition coefficient (Wildman–Crippen LogP) is 4.73. The summed E-state index contributed by atoms with van der Waals surface area (Å²) in [4.78, 5) is 0. The summed E-state index contributed by atoms with van der Waals surface area (Å²) in [7, 11) is 0. The van der Waals surface area contributed by atoms with Gasteiger partial charge >= 0.3 is 0 Å². The Hall–Kier alpha value is -0.820. The summed E-state index contributed by atoms with van der Waals surface area (Å²) in [6.45, 7) is 7.87. The fourth-order valence-electron chi connectivity index (χ4n) is 3.57. The average Bonchev–Trinajstić information content (AvgIpc) is 2.93. The lowest BCUT2D eigenvalue weighted by Crippen LogP contribution is -2.27. The molecule has 1 N–H and O–H groups in total. The Morgan fingerprint density at radius 3 is 2.68 bits per heavy atom. The first-order chi connectivity index (χ1) is 9.28. The summed E-state index contributed by atoms with van der Waals surface area (Å²) in [5.74, 6) is 1.79. The first kappa shape index (κ1) is 14.6. The van der Waals surface area contributed by atoms with Crippen LogP contribution >= 0.6 is 0 Å². The largest absolute Gasteiger partial charge is 0.310 e. The van der Waals surface area contributed by atoms with E-state index in [9.17, 15) is 0 Å². The molecule has 1 aromatic rings. The number of aryl methyl sites for hydroxylation is 1. The molecular formula is C18H29N. The van der Waals surface area contributed by atoms with Crippen LogP contribution in [0.2, 0.25) is 0 Å². The first-order valence-electron chi connectivity index (χ1n) is 8.10. The normalized spacial score (nSPS) is 24.6. The van der Waals surface area contributed by atoms with Gasteiger partial charge in [0.05, 0.1) is 0 Å². The minimum absolute atomic E-state index is 0.563. The van der Waals surface area contributed by atoms with Gasteiger partial charge in [-0.3, -0.25) is 0 Å². The molecule has 106 valence electrons. The molecule has 1 aromatic carbocycles. The van der Waals surface area contributed by atoms with Gasteiger partial charge in [0.2, 0.25) is 0 Å². The molecule has 0 aromatic heterocycles. The van der Waals surface area contributed by atoms with Crippen molar-refractivity contribution in [3.8, 4) is 0 Å². The van der Waals surface area contributed by atoms with E-state index < -0.39 is 0 Å². The van der Waals surface area contributed by atoms with Crippen molar-refractivity contribution in [3.63, 3.8) is 0 Å². The van der Waals surface area contributed by atoms with Crippen LogP contribution in [-0.2, 0) is 6.42 Å². The molecule has 1 aliphatic carbocycles. The van der Waals surface area contributed by atoms with Crippen LogP contribution < -0.4 is 5.32 Å². The lowest BCUT2D eigenvalue weighted by Gasteiger charge is -2.25. The van der Waals surface area contributed by atoms with E-state index in [0.717, 1.165) is 24.8 Å². The van der Waals surface area contributed by atoms with Gasteiger partial charge in [-0.2, -0.15) is 0 Å². The third-order valence-corrected chi connectivity index (χ3v) is 4.77. The summed E-state index contributed by atoms with van der Waals surface area (Å²) < 4.78 is 0. The average molecular weight is 259 g/mol. The van der Waals surface area contributed by atoms with Crippen LogP contribution in [0.15, 0.2) is 24.3 Å². The summed E-state index contributed by atoms with van der Waals surface area (Å²) in [5, 5.41) is 3.74. The fraction of sp³-hybridized carbons (Fsp3) is 0.667. The highest BCUT2D eigenvalue weighted by molar-refractivity contribution is 5.27. The topological polar surface area (TPSA) is 12.0 Å². The van der Waals surface area contributed by atoms with Crippen LogP contribution in [0.25, 0.3) is 0 Å². The second-order valence-electron chi connectivity index (χ2n) is 5.98. The Morgan fingerprint density at radius 1 is 1.21 bits per heavy atom. The van der Waals surface area contributed by atoms with Crippen molar-refractivity contribution in [2.45, 2.75) is 58.9 Å². The van der Waals surface area contributed by atoms with E-state index in [1.807, 2.05) is 0 Å². The van der Waals surface area contributed by atoms with Gasteiger partial charge in [-0.15, -0.1) is 0 Å². The van der Waals surface area contributed by atoms with Crippen LogP contribution in [0.3, 0.4) is 0 Å². The van der Waals surface area contributed by atoms with Crippen molar-refractivity contribution in [1.82, 2.24) is 5.32 Å². The highest BCUT2D eigenvalue weighted by Crippen LogP contribution is 2.40. The van der Waals surface area contributed by atoms with Crippen molar-refractivity contribution in [2.75, 3.05) is 6.54 Å². The molecule has 1 aliphatic rings. The van der Waals surface area contributed by atoms with Gasteiger partial charge in [-0.05, 0) is 48.8 Å². The van der Waals surface area contributed by atoms with E-state index in [-0.39, 0.29) is 0 Å². The van der Waals surface area contributed by atoms with Crippen molar-refractivity contribution < 1.29 is 0 Å². The Kier molecular flexibility index (Phi) is 5.45. The van der Waals surface area contributed by atoms with Gasteiger partial charge in [0, 0.05) is 6.04 Å². The molecule has 0 radical (unpaired) electrons. The van der Waals surface area contributed by atoms with Gasteiger partial charge in [-0.1, -0.05) is 57.9 Å². The number of hydrogen-bond acceptors (Lipinski definition) is 1. The molecule has 0 aliphatic heterocycles. The van der Waals surface area contributed by atoms with E-state index >= 15 is 0 Å². The number of hydrogen-bond donors (Lipinski definition) is 1. The Bertz CT molecular complexity index is 385. The minimum Gasteiger partial charge on any atom is -0.310 e. The fourth-order valence-corrected chi connectivity index (χ4v) is 3.57. The molecule has 19 heavy (non-hydrogen) atoms. The third kappa shape index (κ3) is 3.60. The highest BCUT2D eigenvalue weighted by atomic mass is 14.9. The van der Waals surface area contributed by atoms with Gasteiger partial charge in [0.15, 0.2) is 0 Å². The summed E-state index contributed by atoms with van der Waals surface area (Å²) in [6.07, 6.45) is 6.72. The van der Waals surface area contributed by atoms with Gasteiger partial charge in [0.25, 0.3) is 0 Å². The molecule has 3 atom stereocenters. The number of benzene rings is 1. The molecule has 2 rings (SSSR count). The van der Waals surface area contributed by atoms with Crippen molar-refractivity contribution >= 4 is 0 Å². The van der Waals surface area contributed by atoms with E-state index in [1.165, 1.54) is 36.8 Å². The molecule has 1 fully saturated rings. The summed E-state index contributed by atoms with van der Waals surface area (Å²) in [6, 6.07) is 9.76. The molecule has 0 heterocycles. The molecule has 0 bridgehead atoms. The summed E-state index contributed by atoms with van der Waals surface area (Å²) >= 11 is 0. The maximum atomic E-state index is 3.74. The monoisotopic (exact) mass is 259 g/mol. The Morgan fingerprint density at radius 2 is 2.05 bits per heavy atom. The third-order valence-electron chi connectivity index (χ3n) is 4.77. The summed E-state index contributed by atoms with van der Waals surface area (Å²) in [5.41, 5.74) is 2.97. The highest BCUT2D eigenvalue weighted by Gasteiger charge is 2.30. The second kappa shape index (κ2) is 7.09. The smallest absolute Gasteiger partial charge is 0.0348 e. The molecule has 0 saturated heterocycles. The van der Waals surface area contributed by atoms with Crippen LogP contribution in [0.4, 0.5) is 0 Å². The van der Waals surface area contributed by atoms with Crippen LogP contribution in [-0.4, -0.2) is 6.54 Å². The standard InChI is InChI=1S/C18H29N/c1-4-14-8-7-9-16(12-14)18(19-6-3)17-11-10-15(5-2)13-17/h7-9,12,15,17-19H,4-6,10-11,13H2,1-3H3. The molecular weight excluding hydrogens is 230 g/mol. The number of nitrogens with one attached hydrogen (secondary N) is 1. The van der Waals surface area contributed by atoms with Gasteiger partial charge in [-0.25, -0.2) is 0 Å². The van der Waals surface area contributed by atoms with E-state index in [1.54, 1.807) is 0 Å². The zero-order valence-electron chi connectivity index (χ0n) is 12.8. The molecule has 1 saturated carbocycles. The van der Waals surface area contributed by atoms with Gasteiger partial charge < -0.3 is 5.32 Å². The molecule has 3 unspecified atom stereocenters. The lowest BCUT2D eigenvalue weighted by atomic mass is 9.89. The molecule has 0 spiro atoms. The Balaban J connectivity index is 2.14. The van der Waals surface area contributed by atoms with E-state index in [2.05, 4.69) is 50.4 Å². The second-order valence-corrected chi connectivity index (χ2v) is 5.98. The number of rotatable bonds is 6. The van der Waals surface area contributed by atoms with Crippen molar-refractivity contribution in [2.24, 2.45) is 11.8 Å². The van der Waals surface area contributed by atoms with Crippen LogP contribution in [0, 0.1) is 11.8 Å². The van der Waals surface area contributed by atoms with Crippen molar-refractivity contribution in [1.29, 1.82) is 0 Å². The lowest BCUT2D eigenvalue weighted by molar-refractivity contribution is 0.359. The minimum atomic E-state index is 0.563. The first-order valence-corrected chi connectivity index (χ1v) is 8.10.